The summed E-state index contributed by atoms with van der Waals surface area (Å²) in [6.45, 7) is 1.98. The molecule has 0 saturated carbocycles. The third-order valence-corrected chi connectivity index (χ3v) is 2.80. The molecule has 0 saturated heterocycles. The van der Waals surface area contributed by atoms with Crippen LogP contribution >= 0.6 is 0 Å². The first kappa shape index (κ1) is 15.0. The van der Waals surface area contributed by atoms with E-state index in [1.54, 1.807) is 24.3 Å². The van der Waals surface area contributed by atoms with Crippen molar-refractivity contribution < 1.29 is 14.7 Å². The van der Waals surface area contributed by atoms with Gasteiger partial charge in [0, 0.05) is 5.69 Å². The number of anilines is 1. The molecule has 1 aromatic carbocycles. The Balaban J connectivity index is 2.55. The fraction of sp³-hybridized carbons (Fsp3) is 0.429. The lowest BCUT2D eigenvalue weighted by atomic mass is 10.1. The standard InChI is InChI=1S/C14H20N2O3/c1-2-3-7-12(14(18)19)16-13(17)9-10-5-4-6-11(15)8-10/h4-6,8,12H,2-3,7,9,15H2,1H3,(H,16,17)(H,18,19)/t12-/m0/s1. The normalized spacial score (nSPS) is 11.8. The van der Waals surface area contributed by atoms with Gasteiger partial charge in [0.1, 0.15) is 6.04 Å². The zero-order valence-electron chi connectivity index (χ0n) is 11.1. The Labute approximate surface area is 112 Å². The number of nitrogen functional groups attached to an aromatic ring is 1. The van der Waals surface area contributed by atoms with Crippen LogP contribution < -0.4 is 11.1 Å². The summed E-state index contributed by atoms with van der Waals surface area (Å²) in [6.07, 6.45) is 2.26. The number of nitrogens with two attached hydrogens (primary N) is 1. The second-order valence-electron chi connectivity index (χ2n) is 4.52. The van der Waals surface area contributed by atoms with Gasteiger partial charge in [0.05, 0.1) is 6.42 Å². The van der Waals surface area contributed by atoms with Gasteiger partial charge < -0.3 is 16.2 Å². The maximum absolute atomic E-state index is 11.8. The molecule has 0 unspecified atom stereocenters. The molecule has 0 aliphatic rings. The number of carbonyl (C=O) groups excluding carboxylic acids is 1. The van der Waals surface area contributed by atoms with Crippen molar-refractivity contribution in [2.24, 2.45) is 0 Å². The summed E-state index contributed by atoms with van der Waals surface area (Å²) in [5, 5.41) is 11.6. The molecule has 0 spiro atoms. The number of carbonyl (C=O) groups is 2. The van der Waals surface area contributed by atoms with Crippen molar-refractivity contribution in [3.8, 4) is 0 Å². The second kappa shape index (κ2) is 7.41. The van der Waals surface area contributed by atoms with Gasteiger partial charge >= 0.3 is 5.97 Å². The highest BCUT2D eigenvalue weighted by Crippen LogP contribution is 2.08. The topological polar surface area (TPSA) is 92.4 Å². The lowest BCUT2D eigenvalue weighted by molar-refractivity contribution is -0.142. The van der Waals surface area contributed by atoms with Gasteiger partial charge in [-0.05, 0) is 24.1 Å². The molecule has 104 valence electrons. The number of aliphatic carboxylic acids is 1. The van der Waals surface area contributed by atoms with Crippen LogP contribution in [0.1, 0.15) is 31.7 Å². The lowest BCUT2D eigenvalue weighted by Crippen LogP contribution is -2.41. The summed E-state index contributed by atoms with van der Waals surface area (Å²) in [6, 6.07) is 6.19. The van der Waals surface area contributed by atoms with Crippen molar-refractivity contribution in [1.29, 1.82) is 0 Å². The number of rotatable bonds is 7. The predicted octanol–water partition coefficient (Wildman–Crippen LogP) is 1.57. The van der Waals surface area contributed by atoms with Crippen LogP contribution in [-0.4, -0.2) is 23.0 Å². The van der Waals surface area contributed by atoms with E-state index in [1.165, 1.54) is 0 Å². The molecule has 1 atom stereocenters. The van der Waals surface area contributed by atoms with Crippen molar-refractivity contribution in [2.75, 3.05) is 5.73 Å². The summed E-state index contributed by atoms with van der Waals surface area (Å²) in [4.78, 5) is 22.8. The molecule has 0 aromatic heterocycles. The number of amides is 1. The van der Waals surface area contributed by atoms with Gasteiger partial charge in [-0.3, -0.25) is 4.79 Å². The van der Waals surface area contributed by atoms with E-state index in [4.69, 9.17) is 10.8 Å². The maximum atomic E-state index is 11.8. The second-order valence-corrected chi connectivity index (χ2v) is 4.52. The van der Waals surface area contributed by atoms with E-state index in [1.807, 2.05) is 6.92 Å². The van der Waals surface area contributed by atoms with Crippen LogP contribution in [0.2, 0.25) is 0 Å². The monoisotopic (exact) mass is 264 g/mol. The van der Waals surface area contributed by atoms with Crippen LogP contribution in [0, 0.1) is 0 Å². The lowest BCUT2D eigenvalue weighted by Gasteiger charge is -2.14. The molecular weight excluding hydrogens is 244 g/mol. The van der Waals surface area contributed by atoms with Crippen LogP contribution in [0.25, 0.3) is 0 Å². The van der Waals surface area contributed by atoms with Crippen LogP contribution in [0.4, 0.5) is 5.69 Å². The highest BCUT2D eigenvalue weighted by Gasteiger charge is 2.19. The molecule has 0 aliphatic carbocycles. The Kier molecular flexibility index (Phi) is 5.85. The number of benzene rings is 1. The molecule has 0 heterocycles. The van der Waals surface area contributed by atoms with Gasteiger partial charge in [-0.2, -0.15) is 0 Å². The predicted molar refractivity (Wildman–Crippen MR) is 73.6 cm³/mol. The van der Waals surface area contributed by atoms with E-state index in [0.717, 1.165) is 18.4 Å². The molecule has 0 bridgehead atoms. The van der Waals surface area contributed by atoms with Gasteiger partial charge in [0.25, 0.3) is 0 Å². The number of carboxylic acid groups (broad SMARTS) is 1. The van der Waals surface area contributed by atoms with Gasteiger partial charge in [-0.25, -0.2) is 4.79 Å². The molecule has 0 radical (unpaired) electrons. The summed E-state index contributed by atoms with van der Waals surface area (Å²) < 4.78 is 0. The van der Waals surface area contributed by atoms with E-state index in [-0.39, 0.29) is 12.3 Å². The first-order valence-electron chi connectivity index (χ1n) is 6.39. The first-order chi connectivity index (χ1) is 9.02. The Morgan fingerprint density at radius 3 is 2.74 bits per heavy atom. The highest BCUT2D eigenvalue weighted by molar-refractivity contribution is 5.84. The van der Waals surface area contributed by atoms with E-state index >= 15 is 0 Å². The summed E-state index contributed by atoms with van der Waals surface area (Å²) in [7, 11) is 0. The van der Waals surface area contributed by atoms with Crippen molar-refractivity contribution >= 4 is 17.6 Å². The van der Waals surface area contributed by atoms with Crippen molar-refractivity contribution in [3.63, 3.8) is 0 Å². The molecule has 5 heteroatoms. The van der Waals surface area contributed by atoms with Crippen LogP contribution in [-0.2, 0) is 16.0 Å². The first-order valence-corrected chi connectivity index (χ1v) is 6.39. The molecule has 19 heavy (non-hydrogen) atoms. The van der Waals surface area contributed by atoms with Crippen molar-refractivity contribution in [1.82, 2.24) is 5.32 Å². The molecule has 1 rings (SSSR count). The zero-order valence-corrected chi connectivity index (χ0v) is 11.1. The summed E-state index contributed by atoms with van der Waals surface area (Å²) in [5.74, 6) is -1.29. The van der Waals surface area contributed by atoms with Gasteiger partial charge in [0.15, 0.2) is 0 Å². The Hall–Kier alpha value is -2.04. The molecule has 0 fully saturated rings. The van der Waals surface area contributed by atoms with E-state index in [2.05, 4.69) is 5.32 Å². The average molecular weight is 264 g/mol. The van der Waals surface area contributed by atoms with Gasteiger partial charge in [-0.15, -0.1) is 0 Å². The van der Waals surface area contributed by atoms with E-state index in [9.17, 15) is 9.59 Å². The minimum Gasteiger partial charge on any atom is -0.480 e. The molecule has 5 nitrogen and oxygen atoms in total. The maximum Gasteiger partial charge on any atom is 0.326 e. The molecule has 1 aromatic rings. The van der Waals surface area contributed by atoms with Gasteiger partial charge in [-0.1, -0.05) is 31.9 Å². The smallest absolute Gasteiger partial charge is 0.326 e. The SMILES string of the molecule is CCCC[C@H](NC(=O)Cc1cccc(N)c1)C(=O)O. The molecular formula is C14H20N2O3. The highest BCUT2D eigenvalue weighted by atomic mass is 16.4. The minimum absolute atomic E-state index is 0.140. The number of nitrogens with one attached hydrogen (secondary N) is 1. The third-order valence-electron chi connectivity index (χ3n) is 2.80. The Morgan fingerprint density at radius 1 is 1.42 bits per heavy atom. The van der Waals surface area contributed by atoms with Crippen LogP contribution in [0.15, 0.2) is 24.3 Å². The minimum atomic E-state index is -0.991. The number of carboxylic acids is 1. The van der Waals surface area contributed by atoms with Gasteiger partial charge in [0.2, 0.25) is 5.91 Å². The third kappa shape index (κ3) is 5.42. The summed E-state index contributed by atoms with van der Waals surface area (Å²) in [5.41, 5.74) is 6.99. The largest absolute Gasteiger partial charge is 0.480 e. The molecule has 0 aliphatic heterocycles. The fourth-order valence-corrected chi connectivity index (χ4v) is 1.80. The quantitative estimate of drug-likeness (QED) is 0.652. The Morgan fingerprint density at radius 2 is 2.16 bits per heavy atom. The summed E-state index contributed by atoms with van der Waals surface area (Å²) >= 11 is 0. The van der Waals surface area contributed by atoms with Crippen LogP contribution in [0.5, 0.6) is 0 Å². The molecule has 4 N–H and O–H groups in total. The van der Waals surface area contributed by atoms with E-state index < -0.39 is 12.0 Å². The Bertz CT molecular complexity index is 446. The average Bonchev–Trinajstić information content (AvgIpc) is 2.34. The van der Waals surface area contributed by atoms with Crippen molar-refractivity contribution in [2.45, 2.75) is 38.6 Å². The van der Waals surface area contributed by atoms with Crippen LogP contribution in [0.3, 0.4) is 0 Å². The zero-order chi connectivity index (χ0) is 14.3. The fourth-order valence-electron chi connectivity index (χ4n) is 1.80. The molecule has 1 amide bonds. The number of hydrogen-bond acceptors (Lipinski definition) is 3. The van der Waals surface area contributed by atoms with E-state index in [0.29, 0.717) is 12.1 Å². The number of unbranched alkanes of at least 4 members (excludes halogenated alkanes) is 1. The van der Waals surface area contributed by atoms with Crippen molar-refractivity contribution in [3.05, 3.63) is 29.8 Å². The number of hydrogen-bond donors (Lipinski definition) is 3.